The van der Waals surface area contributed by atoms with Crippen LogP contribution < -0.4 is 5.32 Å². The molecular formula is C22H25N3OS. The molecule has 140 valence electrons. The zero-order chi connectivity index (χ0) is 18.5. The molecule has 5 heteroatoms. The molecule has 2 aliphatic carbocycles. The van der Waals surface area contributed by atoms with E-state index >= 15 is 0 Å². The number of aryl methyl sites for hydroxylation is 1. The van der Waals surface area contributed by atoms with Crippen molar-refractivity contribution in [1.82, 2.24) is 15.1 Å². The molecule has 5 rings (SSSR count). The molecule has 0 saturated heterocycles. The highest BCUT2D eigenvalue weighted by Crippen LogP contribution is 2.49. The van der Waals surface area contributed by atoms with Crippen LogP contribution in [0.4, 0.5) is 0 Å². The molecule has 27 heavy (non-hydrogen) atoms. The van der Waals surface area contributed by atoms with E-state index in [-0.39, 0.29) is 11.9 Å². The van der Waals surface area contributed by atoms with E-state index < -0.39 is 0 Å². The minimum absolute atomic E-state index is 0.0606. The molecule has 1 amide bonds. The Morgan fingerprint density at radius 3 is 2.78 bits per heavy atom. The topological polar surface area (TPSA) is 46.9 Å². The third kappa shape index (κ3) is 2.89. The quantitative estimate of drug-likeness (QED) is 0.697. The van der Waals surface area contributed by atoms with Crippen molar-refractivity contribution in [3.63, 3.8) is 0 Å². The fourth-order valence-corrected chi connectivity index (χ4v) is 6.28. The molecule has 0 unspecified atom stereocenters. The van der Waals surface area contributed by atoms with Crippen molar-refractivity contribution in [1.29, 1.82) is 0 Å². The SMILES string of the molecule is Cc1nn(-c2ccccc2)c2sc(C(=O)N[C@@H](C)[C@H]3C[C@H]4CC[C@H]3C4)cc12. The van der Waals surface area contributed by atoms with Gasteiger partial charge in [0.1, 0.15) is 4.83 Å². The Balaban J connectivity index is 1.39. The number of carbonyl (C=O) groups is 1. The molecule has 2 heterocycles. The Labute approximate surface area is 163 Å². The van der Waals surface area contributed by atoms with Crippen molar-refractivity contribution in [2.75, 3.05) is 0 Å². The van der Waals surface area contributed by atoms with Crippen molar-refractivity contribution < 1.29 is 4.79 Å². The fraction of sp³-hybridized carbons (Fsp3) is 0.455. The Morgan fingerprint density at radius 1 is 1.26 bits per heavy atom. The third-order valence-corrected chi connectivity index (χ3v) is 7.67. The molecule has 1 N–H and O–H groups in total. The molecular weight excluding hydrogens is 354 g/mol. The van der Waals surface area contributed by atoms with Crippen LogP contribution in [0.5, 0.6) is 0 Å². The normalized spacial score (nSPS) is 25.2. The number of rotatable bonds is 4. The van der Waals surface area contributed by atoms with E-state index in [2.05, 4.69) is 17.3 Å². The number of nitrogens with one attached hydrogen (secondary N) is 1. The van der Waals surface area contributed by atoms with Crippen LogP contribution in [-0.4, -0.2) is 21.7 Å². The average molecular weight is 380 g/mol. The van der Waals surface area contributed by atoms with Crippen LogP contribution in [0.1, 0.15) is 48.0 Å². The first kappa shape index (κ1) is 17.0. The van der Waals surface area contributed by atoms with Gasteiger partial charge in [-0.25, -0.2) is 4.68 Å². The number of fused-ring (bicyclic) bond motifs is 3. The highest BCUT2D eigenvalue weighted by Gasteiger charge is 2.42. The zero-order valence-electron chi connectivity index (χ0n) is 15.8. The van der Waals surface area contributed by atoms with Crippen LogP contribution in [0.25, 0.3) is 15.9 Å². The van der Waals surface area contributed by atoms with Gasteiger partial charge in [0.15, 0.2) is 0 Å². The summed E-state index contributed by atoms with van der Waals surface area (Å²) in [7, 11) is 0. The zero-order valence-corrected chi connectivity index (χ0v) is 16.6. The predicted molar refractivity (Wildman–Crippen MR) is 110 cm³/mol. The summed E-state index contributed by atoms with van der Waals surface area (Å²) in [5.41, 5.74) is 1.99. The van der Waals surface area contributed by atoms with E-state index in [1.807, 2.05) is 48.0 Å². The molecule has 0 radical (unpaired) electrons. The Bertz CT molecular complexity index is 990. The van der Waals surface area contributed by atoms with E-state index in [1.165, 1.54) is 37.0 Å². The van der Waals surface area contributed by atoms with Gasteiger partial charge in [0.25, 0.3) is 5.91 Å². The van der Waals surface area contributed by atoms with Gasteiger partial charge in [-0.3, -0.25) is 4.79 Å². The van der Waals surface area contributed by atoms with Gasteiger partial charge in [-0.05, 0) is 69.1 Å². The molecule has 4 nitrogen and oxygen atoms in total. The summed E-state index contributed by atoms with van der Waals surface area (Å²) in [4.78, 5) is 14.7. The first-order chi connectivity index (χ1) is 13.1. The predicted octanol–water partition coefficient (Wildman–Crippen LogP) is 4.95. The first-order valence-electron chi connectivity index (χ1n) is 9.95. The van der Waals surface area contributed by atoms with E-state index in [0.29, 0.717) is 5.92 Å². The highest BCUT2D eigenvalue weighted by atomic mass is 32.1. The van der Waals surface area contributed by atoms with Gasteiger partial charge in [0.2, 0.25) is 0 Å². The molecule has 4 atom stereocenters. The first-order valence-corrected chi connectivity index (χ1v) is 10.8. The second kappa shape index (κ2) is 6.48. The van der Waals surface area contributed by atoms with E-state index in [1.54, 1.807) is 0 Å². The highest BCUT2D eigenvalue weighted by molar-refractivity contribution is 7.20. The fourth-order valence-electron chi connectivity index (χ4n) is 5.19. The molecule has 0 aliphatic heterocycles. The Morgan fingerprint density at radius 2 is 2.07 bits per heavy atom. The van der Waals surface area contributed by atoms with Crippen molar-refractivity contribution in [2.24, 2.45) is 17.8 Å². The number of para-hydroxylation sites is 1. The summed E-state index contributed by atoms with van der Waals surface area (Å²) in [6, 6.07) is 12.4. The smallest absolute Gasteiger partial charge is 0.261 e. The maximum atomic E-state index is 12.9. The van der Waals surface area contributed by atoms with Gasteiger partial charge in [0.05, 0.1) is 16.3 Å². The van der Waals surface area contributed by atoms with Crippen molar-refractivity contribution in [3.05, 3.63) is 47.0 Å². The number of thiophene rings is 1. The largest absolute Gasteiger partial charge is 0.349 e. The lowest BCUT2D eigenvalue weighted by molar-refractivity contribution is 0.0919. The standard InChI is InChI=1S/C22H25N3OS/c1-13(18-11-15-8-9-16(18)10-15)23-21(26)20-12-19-14(2)24-25(22(19)27-20)17-6-4-3-5-7-17/h3-7,12-13,15-16,18H,8-11H2,1-2H3,(H,23,26)/t13-,15-,16-,18+/m0/s1. The molecule has 2 aromatic heterocycles. The van der Waals surface area contributed by atoms with Crippen LogP contribution in [-0.2, 0) is 0 Å². The third-order valence-electron chi connectivity index (χ3n) is 6.56. The molecule has 3 aromatic rings. The van der Waals surface area contributed by atoms with E-state index in [4.69, 9.17) is 0 Å². The lowest BCUT2D eigenvalue weighted by Crippen LogP contribution is -2.39. The van der Waals surface area contributed by atoms with Gasteiger partial charge < -0.3 is 5.32 Å². The van der Waals surface area contributed by atoms with Crippen molar-refractivity contribution in [2.45, 2.75) is 45.6 Å². The number of hydrogen-bond donors (Lipinski definition) is 1. The number of amides is 1. The van der Waals surface area contributed by atoms with Gasteiger partial charge >= 0.3 is 0 Å². The van der Waals surface area contributed by atoms with Gasteiger partial charge in [-0.2, -0.15) is 5.10 Å². The molecule has 0 spiro atoms. The van der Waals surface area contributed by atoms with Crippen LogP contribution in [0, 0.1) is 24.7 Å². The maximum absolute atomic E-state index is 12.9. The van der Waals surface area contributed by atoms with E-state index in [9.17, 15) is 4.79 Å². The molecule has 2 bridgehead atoms. The monoisotopic (exact) mass is 379 g/mol. The summed E-state index contributed by atoms with van der Waals surface area (Å²) >= 11 is 1.54. The minimum Gasteiger partial charge on any atom is -0.349 e. The summed E-state index contributed by atoms with van der Waals surface area (Å²) < 4.78 is 1.95. The van der Waals surface area contributed by atoms with E-state index in [0.717, 1.165) is 38.3 Å². The maximum Gasteiger partial charge on any atom is 0.261 e. The van der Waals surface area contributed by atoms with Crippen LogP contribution in [0.15, 0.2) is 36.4 Å². The second-order valence-corrected chi connectivity index (χ2v) is 9.29. The van der Waals surface area contributed by atoms with Gasteiger partial charge in [-0.15, -0.1) is 11.3 Å². The number of aromatic nitrogens is 2. The number of benzene rings is 1. The molecule has 2 aliphatic rings. The summed E-state index contributed by atoms with van der Waals surface area (Å²) in [6.45, 7) is 4.20. The van der Waals surface area contributed by atoms with Crippen molar-refractivity contribution in [3.8, 4) is 5.69 Å². The number of hydrogen-bond acceptors (Lipinski definition) is 3. The summed E-state index contributed by atoms with van der Waals surface area (Å²) in [5, 5.41) is 9.03. The lowest BCUT2D eigenvalue weighted by atomic mass is 9.84. The summed E-state index contributed by atoms with van der Waals surface area (Å²) in [5.74, 6) is 2.44. The molecule has 1 aromatic carbocycles. The lowest BCUT2D eigenvalue weighted by Gasteiger charge is -2.28. The second-order valence-electron chi connectivity index (χ2n) is 8.26. The van der Waals surface area contributed by atoms with Crippen LogP contribution in [0.2, 0.25) is 0 Å². The Kier molecular flexibility index (Phi) is 4.08. The van der Waals surface area contributed by atoms with Gasteiger partial charge in [0, 0.05) is 11.4 Å². The van der Waals surface area contributed by atoms with Crippen LogP contribution in [0.3, 0.4) is 0 Å². The summed E-state index contributed by atoms with van der Waals surface area (Å²) in [6.07, 6.45) is 5.42. The number of nitrogens with zero attached hydrogens (tertiary/aromatic N) is 2. The molecule has 2 saturated carbocycles. The molecule has 2 fully saturated rings. The average Bonchev–Trinajstić information content (AvgIpc) is 3.44. The Hall–Kier alpha value is -2.14. The minimum atomic E-state index is 0.0606. The van der Waals surface area contributed by atoms with Gasteiger partial charge in [-0.1, -0.05) is 24.6 Å². The van der Waals surface area contributed by atoms with Crippen LogP contribution >= 0.6 is 11.3 Å². The van der Waals surface area contributed by atoms with Crippen molar-refractivity contribution >= 4 is 27.5 Å². The number of carbonyl (C=O) groups excluding carboxylic acids is 1.